The summed E-state index contributed by atoms with van der Waals surface area (Å²) in [5, 5.41) is 7.05. The highest BCUT2D eigenvalue weighted by molar-refractivity contribution is 7.99. The summed E-state index contributed by atoms with van der Waals surface area (Å²) in [6.07, 6.45) is 5.49. The molecular weight excluding hydrogens is 348 g/mol. The van der Waals surface area contributed by atoms with Crippen molar-refractivity contribution in [2.75, 3.05) is 25.4 Å². The lowest BCUT2D eigenvalue weighted by Gasteiger charge is -2.32. The van der Waals surface area contributed by atoms with Crippen molar-refractivity contribution in [1.82, 2.24) is 30.5 Å². The van der Waals surface area contributed by atoms with Gasteiger partial charge >= 0.3 is 0 Å². The van der Waals surface area contributed by atoms with Crippen LogP contribution in [0.2, 0.25) is 0 Å². The van der Waals surface area contributed by atoms with Crippen molar-refractivity contribution in [3.05, 3.63) is 48.0 Å². The highest BCUT2D eigenvalue weighted by Crippen LogP contribution is 2.12. The van der Waals surface area contributed by atoms with Gasteiger partial charge in [-0.3, -0.25) is 14.7 Å². The van der Waals surface area contributed by atoms with Gasteiger partial charge in [-0.25, -0.2) is 9.97 Å². The van der Waals surface area contributed by atoms with E-state index in [-0.39, 0.29) is 11.9 Å². The summed E-state index contributed by atoms with van der Waals surface area (Å²) in [7, 11) is 0. The molecule has 0 radical (unpaired) electrons. The second-order valence-electron chi connectivity index (χ2n) is 6.09. The molecule has 8 heteroatoms. The summed E-state index contributed by atoms with van der Waals surface area (Å²) in [5.41, 5.74) is 1.93. The fraction of sp³-hybridized carbons (Fsp3) is 0.444. The molecule has 26 heavy (non-hydrogen) atoms. The van der Waals surface area contributed by atoms with Crippen molar-refractivity contribution in [1.29, 1.82) is 0 Å². The predicted octanol–water partition coefficient (Wildman–Crippen LogP) is 1.07. The number of pyridine rings is 1. The largest absolute Gasteiger partial charge is 0.349 e. The van der Waals surface area contributed by atoms with Gasteiger partial charge in [-0.15, -0.1) is 0 Å². The first-order valence-electron chi connectivity index (χ1n) is 8.81. The van der Waals surface area contributed by atoms with E-state index >= 15 is 0 Å². The molecule has 0 aliphatic carbocycles. The summed E-state index contributed by atoms with van der Waals surface area (Å²) in [6.45, 7) is 5.63. The summed E-state index contributed by atoms with van der Waals surface area (Å²) >= 11 is 1.63. The van der Waals surface area contributed by atoms with Gasteiger partial charge in [0.1, 0.15) is 0 Å². The minimum atomic E-state index is -0.219. The van der Waals surface area contributed by atoms with Gasteiger partial charge < -0.3 is 10.6 Å². The zero-order valence-electron chi connectivity index (χ0n) is 14.9. The van der Waals surface area contributed by atoms with E-state index in [1.165, 1.54) is 0 Å². The molecule has 2 aromatic rings. The highest BCUT2D eigenvalue weighted by Gasteiger charge is 2.25. The number of amides is 1. The molecule has 0 aromatic carbocycles. The SMILES string of the molecule is CCSc1ncc(CN2CCNC(C(=O)NCc3ccccn3)C2)cn1. The van der Waals surface area contributed by atoms with Crippen LogP contribution >= 0.6 is 11.8 Å². The standard InChI is InChI=1S/C18H24N6OS/c1-2-26-18-22-9-14(10-23-18)12-24-8-7-20-16(13-24)17(25)21-11-15-5-3-4-6-19-15/h3-6,9-10,16,20H,2,7-8,11-13H2,1H3,(H,21,25). The van der Waals surface area contributed by atoms with E-state index in [0.29, 0.717) is 13.1 Å². The summed E-state index contributed by atoms with van der Waals surface area (Å²) in [5.74, 6) is 0.971. The molecule has 0 spiro atoms. The van der Waals surface area contributed by atoms with Crippen molar-refractivity contribution in [3.8, 4) is 0 Å². The number of hydrogen-bond acceptors (Lipinski definition) is 7. The molecule has 7 nitrogen and oxygen atoms in total. The molecule has 2 aromatic heterocycles. The monoisotopic (exact) mass is 372 g/mol. The van der Waals surface area contributed by atoms with Gasteiger partial charge in [0.05, 0.1) is 18.3 Å². The zero-order valence-corrected chi connectivity index (χ0v) is 15.7. The number of hydrogen-bond donors (Lipinski definition) is 2. The first-order chi connectivity index (χ1) is 12.7. The molecule has 2 N–H and O–H groups in total. The van der Waals surface area contributed by atoms with Crippen molar-refractivity contribution in [3.63, 3.8) is 0 Å². The summed E-state index contributed by atoms with van der Waals surface area (Å²) in [4.78, 5) is 27.7. The third-order valence-corrected chi connectivity index (χ3v) is 4.86. The van der Waals surface area contributed by atoms with Crippen LogP contribution < -0.4 is 10.6 Å². The van der Waals surface area contributed by atoms with Gasteiger partial charge in [0.15, 0.2) is 5.16 Å². The molecule has 1 unspecified atom stereocenters. The van der Waals surface area contributed by atoms with E-state index in [1.54, 1.807) is 18.0 Å². The van der Waals surface area contributed by atoms with Gasteiger partial charge in [0, 0.05) is 50.3 Å². The predicted molar refractivity (Wildman–Crippen MR) is 102 cm³/mol. The van der Waals surface area contributed by atoms with Gasteiger partial charge in [-0.05, 0) is 17.9 Å². The number of rotatable bonds is 7. The molecule has 138 valence electrons. The van der Waals surface area contributed by atoms with Crippen molar-refractivity contribution < 1.29 is 4.79 Å². The Morgan fingerprint density at radius 1 is 1.35 bits per heavy atom. The Morgan fingerprint density at radius 2 is 2.19 bits per heavy atom. The number of piperazine rings is 1. The Kier molecular flexibility index (Phi) is 6.93. The minimum Gasteiger partial charge on any atom is -0.349 e. The first-order valence-corrected chi connectivity index (χ1v) is 9.80. The number of thioether (sulfide) groups is 1. The number of carbonyl (C=O) groups is 1. The van der Waals surface area contributed by atoms with E-state index in [1.807, 2.05) is 30.6 Å². The third kappa shape index (κ3) is 5.48. The fourth-order valence-electron chi connectivity index (χ4n) is 2.82. The van der Waals surface area contributed by atoms with Crippen LogP contribution in [0.15, 0.2) is 41.9 Å². The average molecular weight is 372 g/mol. The Bertz CT molecular complexity index is 697. The van der Waals surface area contributed by atoms with Crippen LogP contribution in [0.5, 0.6) is 0 Å². The molecule has 3 rings (SSSR count). The van der Waals surface area contributed by atoms with Gasteiger partial charge in [0.25, 0.3) is 0 Å². The van der Waals surface area contributed by atoms with Crippen LogP contribution in [-0.4, -0.2) is 57.2 Å². The lowest BCUT2D eigenvalue weighted by atomic mass is 10.1. The molecule has 1 amide bonds. The molecule has 1 saturated heterocycles. The summed E-state index contributed by atoms with van der Waals surface area (Å²) in [6, 6.07) is 5.47. The van der Waals surface area contributed by atoms with E-state index < -0.39 is 0 Å². The van der Waals surface area contributed by atoms with Crippen LogP contribution in [0, 0.1) is 0 Å². The average Bonchev–Trinajstić information content (AvgIpc) is 2.69. The Morgan fingerprint density at radius 3 is 2.92 bits per heavy atom. The van der Waals surface area contributed by atoms with Crippen molar-refractivity contribution >= 4 is 17.7 Å². The second-order valence-corrected chi connectivity index (χ2v) is 7.32. The molecule has 1 fully saturated rings. The van der Waals surface area contributed by atoms with Crippen molar-refractivity contribution in [2.45, 2.75) is 31.2 Å². The Hall–Kier alpha value is -2.03. The number of nitrogens with one attached hydrogen (secondary N) is 2. The quantitative estimate of drug-likeness (QED) is 0.556. The first kappa shape index (κ1) is 18.8. The maximum atomic E-state index is 12.4. The minimum absolute atomic E-state index is 0.00583. The maximum Gasteiger partial charge on any atom is 0.238 e. The zero-order chi connectivity index (χ0) is 18.2. The lowest BCUT2D eigenvalue weighted by Crippen LogP contribution is -2.56. The third-order valence-electron chi connectivity index (χ3n) is 4.11. The van der Waals surface area contributed by atoms with Crippen LogP contribution in [0.25, 0.3) is 0 Å². The lowest BCUT2D eigenvalue weighted by molar-refractivity contribution is -0.124. The molecule has 3 heterocycles. The smallest absolute Gasteiger partial charge is 0.238 e. The van der Waals surface area contributed by atoms with Gasteiger partial charge in [-0.2, -0.15) is 0 Å². The van der Waals surface area contributed by atoms with Crippen LogP contribution in [0.1, 0.15) is 18.2 Å². The van der Waals surface area contributed by atoms with E-state index in [9.17, 15) is 4.79 Å². The second kappa shape index (κ2) is 9.61. The number of aromatic nitrogens is 3. The Labute approximate surface area is 158 Å². The van der Waals surface area contributed by atoms with Gasteiger partial charge in [0.2, 0.25) is 5.91 Å². The van der Waals surface area contributed by atoms with E-state index in [4.69, 9.17) is 0 Å². The molecule has 1 aliphatic rings. The summed E-state index contributed by atoms with van der Waals surface area (Å²) < 4.78 is 0. The molecule has 0 saturated carbocycles. The Balaban J connectivity index is 1.49. The number of carbonyl (C=O) groups excluding carboxylic acids is 1. The van der Waals surface area contributed by atoms with Gasteiger partial charge in [-0.1, -0.05) is 24.8 Å². The fourth-order valence-corrected chi connectivity index (χ4v) is 3.33. The van der Waals surface area contributed by atoms with Crippen molar-refractivity contribution in [2.24, 2.45) is 0 Å². The number of nitrogens with zero attached hydrogens (tertiary/aromatic N) is 4. The molecule has 0 bridgehead atoms. The maximum absolute atomic E-state index is 12.4. The van der Waals surface area contributed by atoms with E-state index in [2.05, 4.69) is 37.4 Å². The molecule has 1 atom stereocenters. The normalized spacial score (nSPS) is 17.8. The topological polar surface area (TPSA) is 83.0 Å². The molecular formula is C18H24N6OS. The molecule has 1 aliphatic heterocycles. The van der Waals surface area contributed by atoms with Crippen LogP contribution in [-0.2, 0) is 17.9 Å². The van der Waals surface area contributed by atoms with Crippen LogP contribution in [0.3, 0.4) is 0 Å². The van der Waals surface area contributed by atoms with E-state index in [0.717, 1.165) is 41.8 Å². The highest BCUT2D eigenvalue weighted by atomic mass is 32.2. The van der Waals surface area contributed by atoms with Crippen LogP contribution in [0.4, 0.5) is 0 Å².